The van der Waals surface area contributed by atoms with E-state index < -0.39 is 0 Å². The van der Waals surface area contributed by atoms with Crippen LogP contribution in [-0.2, 0) is 4.79 Å². The van der Waals surface area contributed by atoms with Gasteiger partial charge < -0.3 is 15.7 Å². The van der Waals surface area contributed by atoms with Crippen LogP contribution < -0.4 is 10.6 Å². The summed E-state index contributed by atoms with van der Waals surface area (Å²) in [5, 5.41) is 15.9. The molecule has 1 amide bonds. The van der Waals surface area contributed by atoms with Gasteiger partial charge >= 0.3 is 0 Å². The largest absolute Gasteiger partial charge is 0.393 e. The third kappa shape index (κ3) is 3.04. The summed E-state index contributed by atoms with van der Waals surface area (Å²) in [4.78, 5) is 12.4. The molecule has 2 rings (SSSR count). The third-order valence-electron chi connectivity index (χ3n) is 4.52. The molecule has 1 aliphatic carbocycles. The van der Waals surface area contributed by atoms with E-state index in [4.69, 9.17) is 0 Å². The summed E-state index contributed by atoms with van der Waals surface area (Å²) in [7, 11) is 0. The highest BCUT2D eigenvalue weighted by atomic mass is 16.3. The van der Waals surface area contributed by atoms with Gasteiger partial charge in [0.1, 0.15) is 0 Å². The Kier molecular flexibility index (Phi) is 4.62. The Hall–Kier alpha value is -0.610. The van der Waals surface area contributed by atoms with Crippen molar-refractivity contribution in [2.24, 2.45) is 11.3 Å². The second-order valence-corrected chi connectivity index (χ2v) is 6.00. The van der Waals surface area contributed by atoms with Crippen molar-refractivity contribution in [3.63, 3.8) is 0 Å². The lowest BCUT2D eigenvalue weighted by molar-refractivity contribution is -0.130. The van der Waals surface area contributed by atoms with Crippen molar-refractivity contribution in [2.75, 3.05) is 19.6 Å². The summed E-state index contributed by atoms with van der Waals surface area (Å²) in [5.41, 5.74) is -0.175. The molecule has 4 heteroatoms. The predicted molar refractivity (Wildman–Crippen MR) is 71.2 cm³/mol. The zero-order valence-corrected chi connectivity index (χ0v) is 11.4. The van der Waals surface area contributed by atoms with Crippen LogP contribution in [0, 0.1) is 11.3 Å². The first-order valence-corrected chi connectivity index (χ1v) is 7.33. The lowest BCUT2D eigenvalue weighted by Crippen LogP contribution is -2.44. The summed E-state index contributed by atoms with van der Waals surface area (Å²) in [6, 6.07) is 0. The Balaban J connectivity index is 1.82. The number of rotatable bonds is 5. The first-order valence-electron chi connectivity index (χ1n) is 7.33. The lowest BCUT2D eigenvalue weighted by atomic mass is 9.81. The number of aliphatic hydroxyl groups is 1. The van der Waals surface area contributed by atoms with E-state index in [1.54, 1.807) is 0 Å². The van der Waals surface area contributed by atoms with Gasteiger partial charge in [0.25, 0.3) is 0 Å². The smallest absolute Gasteiger partial charge is 0.227 e. The molecule has 0 aromatic carbocycles. The van der Waals surface area contributed by atoms with Crippen LogP contribution in [0.15, 0.2) is 0 Å². The van der Waals surface area contributed by atoms with Crippen LogP contribution in [0.25, 0.3) is 0 Å². The molecule has 3 N–H and O–H groups in total. The van der Waals surface area contributed by atoms with Gasteiger partial charge in [0.05, 0.1) is 11.5 Å². The lowest BCUT2D eigenvalue weighted by Gasteiger charge is -2.27. The van der Waals surface area contributed by atoms with Crippen LogP contribution in [0.1, 0.15) is 45.4 Å². The highest BCUT2D eigenvalue weighted by molar-refractivity contribution is 5.83. The van der Waals surface area contributed by atoms with Crippen molar-refractivity contribution < 1.29 is 9.90 Å². The minimum absolute atomic E-state index is 0.148. The molecular weight excluding hydrogens is 228 g/mol. The minimum Gasteiger partial charge on any atom is -0.393 e. The molecule has 2 aliphatic rings. The van der Waals surface area contributed by atoms with E-state index in [0.29, 0.717) is 5.92 Å². The van der Waals surface area contributed by atoms with Gasteiger partial charge in [-0.2, -0.15) is 0 Å². The molecule has 4 nitrogen and oxygen atoms in total. The van der Waals surface area contributed by atoms with Gasteiger partial charge in [0.2, 0.25) is 5.91 Å². The molecule has 1 saturated heterocycles. The number of carbonyl (C=O) groups excluding carboxylic acids is 1. The predicted octanol–water partition coefficient (Wildman–Crippen LogP) is 1.04. The molecule has 1 saturated carbocycles. The Morgan fingerprint density at radius 1 is 1.50 bits per heavy atom. The van der Waals surface area contributed by atoms with E-state index in [0.717, 1.165) is 58.2 Å². The van der Waals surface area contributed by atoms with E-state index >= 15 is 0 Å². The number of hydrogen-bond acceptors (Lipinski definition) is 3. The van der Waals surface area contributed by atoms with E-state index in [-0.39, 0.29) is 17.4 Å². The zero-order valence-electron chi connectivity index (χ0n) is 11.4. The normalized spacial score (nSPS) is 35.9. The molecule has 18 heavy (non-hydrogen) atoms. The van der Waals surface area contributed by atoms with Crippen molar-refractivity contribution in [1.29, 1.82) is 0 Å². The van der Waals surface area contributed by atoms with Crippen LogP contribution in [-0.4, -0.2) is 36.8 Å². The summed E-state index contributed by atoms with van der Waals surface area (Å²) >= 11 is 0. The fourth-order valence-corrected chi connectivity index (χ4v) is 3.40. The van der Waals surface area contributed by atoms with Gasteiger partial charge in [-0.1, -0.05) is 13.3 Å². The average molecular weight is 254 g/mol. The highest BCUT2D eigenvalue weighted by Gasteiger charge is 2.40. The molecule has 1 heterocycles. The average Bonchev–Trinajstić information content (AvgIpc) is 2.97. The molecule has 0 aromatic heterocycles. The van der Waals surface area contributed by atoms with Gasteiger partial charge in [-0.25, -0.2) is 0 Å². The molecule has 0 spiro atoms. The van der Waals surface area contributed by atoms with Crippen LogP contribution in [0.4, 0.5) is 0 Å². The van der Waals surface area contributed by atoms with E-state index in [1.165, 1.54) is 0 Å². The van der Waals surface area contributed by atoms with Gasteiger partial charge in [-0.15, -0.1) is 0 Å². The molecule has 2 fully saturated rings. The standard InChI is InChI=1S/C14H26N2O2/c1-2-5-14(6-7-15-10-14)13(18)16-9-11-3-4-12(17)8-11/h11-12,15,17H,2-10H2,1H3,(H,16,18). The van der Waals surface area contributed by atoms with E-state index in [1.807, 2.05) is 0 Å². The summed E-state index contributed by atoms with van der Waals surface area (Å²) in [6.45, 7) is 4.65. The van der Waals surface area contributed by atoms with E-state index in [9.17, 15) is 9.90 Å². The first kappa shape index (κ1) is 13.8. The second kappa shape index (κ2) is 6.02. The van der Waals surface area contributed by atoms with Gasteiger partial charge in [0, 0.05) is 13.1 Å². The maximum absolute atomic E-state index is 12.4. The first-order chi connectivity index (χ1) is 8.66. The molecular formula is C14H26N2O2. The molecule has 1 aliphatic heterocycles. The number of nitrogens with one attached hydrogen (secondary N) is 2. The van der Waals surface area contributed by atoms with Crippen molar-refractivity contribution in [3.05, 3.63) is 0 Å². The summed E-state index contributed by atoms with van der Waals surface area (Å²) in [5.74, 6) is 0.688. The van der Waals surface area contributed by atoms with Crippen LogP contribution >= 0.6 is 0 Å². The van der Waals surface area contributed by atoms with Crippen molar-refractivity contribution in [1.82, 2.24) is 10.6 Å². The maximum Gasteiger partial charge on any atom is 0.227 e. The molecule has 0 bridgehead atoms. The van der Waals surface area contributed by atoms with Crippen LogP contribution in [0.2, 0.25) is 0 Å². The van der Waals surface area contributed by atoms with E-state index in [2.05, 4.69) is 17.6 Å². The third-order valence-corrected chi connectivity index (χ3v) is 4.52. The number of amides is 1. The maximum atomic E-state index is 12.4. The Labute approximate surface area is 110 Å². The topological polar surface area (TPSA) is 61.4 Å². The minimum atomic E-state index is -0.175. The van der Waals surface area contributed by atoms with Gasteiger partial charge in [-0.05, 0) is 44.6 Å². The number of aliphatic hydroxyl groups excluding tert-OH is 1. The fourth-order valence-electron chi connectivity index (χ4n) is 3.40. The number of carbonyl (C=O) groups is 1. The molecule has 0 radical (unpaired) electrons. The van der Waals surface area contributed by atoms with Crippen LogP contribution in [0.3, 0.4) is 0 Å². The molecule has 0 aromatic rings. The van der Waals surface area contributed by atoms with Gasteiger partial charge in [0.15, 0.2) is 0 Å². The Bertz CT molecular complexity index is 288. The molecule has 3 unspecified atom stereocenters. The fraction of sp³-hybridized carbons (Fsp3) is 0.929. The molecule has 104 valence electrons. The second-order valence-electron chi connectivity index (χ2n) is 6.00. The van der Waals surface area contributed by atoms with Crippen molar-refractivity contribution >= 4 is 5.91 Å². The Morgan fingerprint density at radius 2 is 2.33 bits per heavy atom. The zero-order chi connectivity index (χ0) is 13.0. The van der Waals surface area contributed by atoms with Crippen molar-refractivity contribution in [2.45, 2.75) is 51.6 Å². The number of hydrogen-bond donors (Lipinski definition) is 3. The quantitative estimate of drug-likeness (QED) is 0.687. The Morgan fingerprint density at radius 3 is 2.89 bits per heavy atom. The summed E-state index contributed by atoms with van der Waals surface area (Å²) in [6.07, 6.45) is 5.61. The highest BCUT2D eigenvalue weighted by Crippen LogP contribution is 2.32. The van der Waals surface area contributed by atoms with Gasteiger partial charge in [-0.3, -0.25) is 4.79 Å². The van der Waals surface area contributed by atoms with Crippen molar-refractivity contribution in [3.8, 4) is 0 Å². The van der Waals surface area contributed by atoms with Crippen LogP contribution in [0.5, 0.6) is 0 Å². The summed E-state index contributed by atoms with van der Waals surface area (Å²) < 4.78 is 0. The molecule has 3 atom stereocenters. The monoisotopic (exact) mass is 254 g/mol. The SMILES string of the molecule is CCCC1(C(=O)NCC2CCC(O)C2)CCNC1.